The molecule has 3 rings (SSSR count). The van der Waals surface area contributed by atoms with Gasteiger partial charge in [0.15, 0.2) is 5.58 Å². The van der Waals surface area contributed by atoms with Crippen LogP contribution in [0.5, 0.6) is 5.75 Å². The molecule has 0 amide bonds. The lowest BCUT2D eigenvalue weighted by Gasteiger charge is -2.07. The van der Waals surface area contributed by atoms with E-state index in [0.29, 0.717) is 28.1 Å². The van der Waals surface area contributed by atoms with Gasteiger partial charge in [0.25, 0.3) is 6.01 Å². The molecule has 0 spiro atoms. The summed E-state index contributed by atoms with van der Waals surface area (Å²) < 4.78 is 24.1. The number of aromatic nitrogens is 1. The molecule has 0 radical (unpaired) electrons. The van der Waals surface area contributed by atoms with Gasteiger partial charge in [0.2, 0.25) is 0 Å². The Balaban J connectivity index is 1.98. The molecule has 0 saturated heterocycles. The Bertz CT molecular complexity index is 926. The number of oxazole rings is 1. The van der Waals surface area contributed by atoms with Crippen molar-refractivity contribution in [2.24, 2.45) is 0 Å². The highest BCUT2D eigenvalue weighted by molar-refractivity contribution is 6.35. The molecule has 3 aromatic rings. The highest BCUT2D eigenvalue weighted by Gasteiger charge is 2.14. The van der Waals surface area contributed by atoms with Crippen molar-refractivity contribution in [3.63, 3.8) is 0 Å². The maximum Gasteiger partial charge on any atom is 0.307 e. The summed E-state index contributed by atoms with van der Waals surface area (Å²) in [5.74, 6) is -1.01. The predicted octanol–water partition coefficient (Wildman–Crippen LogP) is 4.00. The third kappa shape index (κ3) is 3.26. The molecule has 0 aliphatic rings. The lowest BCUT2D eigenvalue weighted by molar-refractivity contribution is -0.136. The standard InChI is InChI=1S/C16H12ClFN2O4/c1-23-12-3-2-9(18)7-11(12)19-16-20-15-10(17)4-8(6-14(21)22)5-13(15)24-16/h2-5,7H,6H2,1H3,(H,19,20)(H,21,22). The van der Waals surface area contributed by atoms with Gasteiger partial charge in [-0.1, -0.05) is 11.6 Å². The first kappa shape index (κ1) is 16.1. The van der Waals surface area contributed by atoms with Gasteiger partial charge in [0.05, 0.1) is 24.2 Å². The second-order valence-electron chi connectivity index (χ2n) is 4.98. The summed E-state index contributed by atoms with van der Waals surface area (Å²) in [5.41, 5.74) is 1.54. The third-order valence-corrected chi connectivity index (χ3v) is 3.55. The molecule has 1 heterocycles. The topological polar surface area (TPSA) is 84.6 Å². The van der Waals surface area contributed by atoms with E-state index in [1.165, 1.54) is 31.4 Å². The van der Waals surface area contributed by atoms with Crippen LogP contribution in [0.4, 0.5) is 16.1 Å². The number of anilines is 2. The number of rotatable bonds is 5. The minimum Gasteiger partial charge on any atom is -0.495 e. The van der Waals surface area contributed by atoms with Crippen molar-refractivity contribution in [1.29, 1.82) is 0 Å². The minimum atomic E-state index is -0.979. The molecule has 2 aromatic carbocycles. The number of carboxylic acids is 1. The number of hydrogen-bond donors (Lipinski definition) is 2. The number of carboxylic acid groups (broad SMARTS) is 1. The normalized spacial score (nSPS) is 10.8. The third-order valence-electron chi connectivity index (χ3n) is 3.27. The largest absolute Gasteiger partial charge is 0.495 e. The number of hydrogen-bond acceptors (Lipinski definition) is 5. The lowest BCUT2D eigenvalue weighted by Crippen LogP contribution is -1.99. The number of ether oxygens (including phenoxy) is 1. The number of benzene rings is 2. The van der Waals surface area contributed by atoms with Crippen LogP contribution in [-0.2, 0) is 11.2 Å². The van der Waals surface area contributed by atoms with Crippen molar-refractivity contribution in [2.75, 3.05) is 12.4 Å². The van der Waals surface area contributed by atoms with E-state index in [9.17, 15) is 9.18 Å². The van der Waals surface area contributed by atoms with E-state index in [-0.39, 0.29) is 17.5 Å². The zero-order chi connectivity index (χ0) is 17.3. The highest BCUT2D eigenvalue weighted by Crippen LogP contribution is 2.32. The summed E-state index contributed by atoms with van der Waals surface area (Å²) in [4.78, 5) is 15.0. The van der Waals surface area contributed by atoms with Crippen LogP contribution < -0.4 is 10.1 Å². The van der Waals surface area contributed by atoms with E-state index in [1.807, 2.05) is 0 Å². The Hall–Kier alpha value is -2.80. The Kier molecular flexibility index (Phi) is 4.26. The van der Waals surface area contributed by atoms with Crippen LogP contribution in [0.25, 0.3) is 11.1 Å². The molecular formula is C16H12ClFN2O4. The molecule has 8 heteroatoms. The molecular weight excluding hydrogens is 339 g/mol. The van der Waals surface area contributed by atoms with Crippen molar-refractivity contribution in [2.45, 2.75) is 6.42 Å². The molecule has 0 aliphatic heterocycles. The molecule has 0 atom stereocenters. The van der Waals surface area contributed by atoms with E-state index >= 15 is 0 Å². The van der Waals surface area contributed by atoms with E-state index < -0.39 is 11.8 Å². The molecule has 0 aliphatic carbocycles. The number of fused-ring (bicyclic) bond motifs is 1. The zero-order valence-corrected chi connectivity index (χ0v) is 13.2. The van der Waals surface area contributed by atoms with Crippen molar-refractivity contribution < 1.29 is 23.4 Å². The van der Waals surface area contributed by atoms with Gasteiger partial charge < -0.3 is 19.6 Å². The molecule has 0 fully saturated rings. The summed E-state index contributed by atoms with van der Waals surface area (Å²) >= 11 is 6.12. The highest BCUT2D eigenvalue weighted by atomic mass is 35.5. The van der Waals surface area contributed by atoms with Crippen LogP contribution in [0, 0.1) is 5.82 Å². The molecule has 24 heavy (non-hydrogen) atoms. The van der Waals surface area contributed by atoms with E-state index in [0.717, 1.165) is 0 Å². The van der Waals surface area contributed by atoms with Crippen LogP contribution in [-0.4, -0.2) is 23.2 Å². The number of nitrogens with one attached hydrogen (secondary N) is 1. The van der Waals surface area contributed by atoms with E-state index in [4.69, 9.17) is 25.9 Å². The van der Waals surface area contributed by atoms with Crippen molar-refractivity contribution in [3.8, 4) is 5.75 Å². The average molecular weight is 351 g/mol. The molecule has 6 nitrogen and oxygen atoms in total. The molecule has 0 unspecified atom stereocenters. The number of methoxy groups -OCH3 is 1. The fraction of sp³-hybridized carbons (Fsp3) is 0.125. The second-order valence-corrected chi connectivity index (χ2v) is 5.39. The first-order valence-corrected chi connectivity index (χ1v) is 7.25. The number of carbonyl (C=O) groups is 1. The second kappa shape index (κ2) is 6.37. The zero-order valence-electron chi connectivity index (χ0n) is 12.5. The summed E-state index contributed by atoms with van der Waals surface area (Å²) in [6.07, 6.45) is -0.184. The average Bonchev–Trinajstić information content (AvgIpc) is 2.90. The molecule has 2 N–H and O–H groups in total. The van der Waals surface area contributed by atoms with Crippen LogP contribution in [0.3, 0.4) is 0 Å². The van der Waals surface area contributed by atoms with Crippen LogP contribution in [0.1, 0.15) is 5.56 Å². The van der Waals surface area contributed by atoms with Gasteiger partial charge in [0, 0.05) is 6.07 Å². The van der Waals surface area contributed by atoms with Gasteiger partial charge in [0.1, 0.15) is 17.1 Å². The number of halogens is 2. The SMILES string of the molecule is COc1ccc(F)cc1Nc1nc2c(Cl)cc(CC(=O)O)cc2o1. The fourth-order valence-electron chi connectivity index (χ4n) is 2.27. The Morgan fingerprint density at radius 3 is 2.92 bits per heavy atom. The monoisotopic (exact) mass is 350 g/mol. The number of aliphatic carboxylic acids is 1. The van der Waals surface area contributed by atoms with Crippen LogP contribution >= 0.6 is 11.6 Å². The number of nitrogens with zero attached hydrogens (tertiary/aromatic N) is 1. The predicted molar refractivity (Wildman–Crippen MR) is 86.6 cm³/mol. The Morgan fingerprint density at radius 2 is 2.21 bits per heavy atom. The van der Waals surface area contributed by atoms with Crippen molar-refractivity contribution in [1.82, 2.24) is 4.98 Å². The smallest absolute Gasteiger partial charge is 0.307 e. The molecule has 1 aromatic heterocycles. The summed E-state index contributed by atoms with van der Waals surface area (Å²) in [7, 11) is 1.46. The Labute approximate surface area is 140 Å². The van der Waals surface area contributed by atoms with Gasteiger partial charge in [-0.25, -0.2) is 4.39 Å². The minimum absolute atomic E-state index is 0.0864. The maximum atomic E-state index is 13.4. The van der Waals surface area contributed by atoms with E-state index in [2.05, 4.69) is 10.3 Å². The van der Waals surface area contributed by atoms with Gasteiger partial charge in [-0.3, -0.25) is 4.79 Å². The Morgan fingerprint density at radius 1 is 1.42 bits per heavy atom. The van der Waals surface area contributed by atoms with E-state index in [1.54, 1.807) is 6.07 Å². The molecule has 124 valence electrons. The van der Waals surface area contributed by atoms with Crippen LogP contribution in [0.2, 0.25) is 5.02 Å². The fourth-order valence-corrected chi connectivity index (χ4v) is 2.54. The van der Waals surface area contributed by atoms with Crippen LogP contribution in [0.15, 0.2) is 34.7 Å². The molecule has 0 bridgehead atoms. The quantitative estimate of drug-likeness (QED) is 0.723. The van der Waals surface area contributed by atoms with Gasteiger partial charge in [-0.15, -0.1) is 0 Å². The van der Waals surface area contributed by atoms with Gasteiger partial charge in [-0.2, -0.15) is 4.98 Å². The van der Waals surface area contributed by atoms with Gasteiger partial charge in [-0.05, 0) is 29.8 Å². The van der Waals surface area contributed by atoms with Crippen molar-refractivity contribution in [3.05, 3.63) is 46.7 Å². The molecule has 0 saturated carbocycles. The summed E-state index contributed by atoms with van der Waals surface area (Å²) in [5, 5.41) is 12.0. The first-order chi connectivity index (χ1) is 11.5. The van der Waals surface area contributed by atoms with Crippen molar-refractivity contribution >= 4 is 40.4 Å². The summed E-state index contributed by atoms with van der Waals surface area (Å²) in [6.45, 7) is 0. The lowest BCUT2D eigenvalue weighted by atomic mass is 10.1. The maximum absolute atomic E-state index is 13.4. The van der Waals surface area contributed by atoms with Gasteiger partial charge >= 0.3 is 5.97 Å². The summed E-state index contributed by atoms with van der Waals surface area (Å²) in [6, 6.07) is 7.14. The first-order valence-electron chi connectivity index (χ1n) is 6.87.